The van der Waals surface area contributed by atoms with Crippen LogP contribution in [-0.2, 0) is 0 Å². The second kappa shape index (κ2) is 8.95. The minimum Gasteiger partial charge on any atom is -0.267 e. The molecule has 33 heavy (non-hydrogen) atoms. The molecule has 3 aromatic carbocycles. The first kappa shape index (κ1) is 22.3. The molecule has 0 radical (unpaired) electrons. The summed E-state index contributed by atoms with van der Waals surface area (Å²) in [6.07, 6.45) is 0.340. The van der Waals surface area contributed by atoms with Crippen molar-refractivity contribution in [2.45, 2.75) is 0 Å². The Morgan fingerprint density at radius 3 is 2.18 bits per heavy atom. The van der Waals surface area contributed by atoms with E-state index in [-0.39, 0.29) is 5.56 Å². The van der Waals surface area contributed by atoms with Crippen molar-refractivity contribution in [1.82, 2.24) is 10.4 Å². The number of hydrazone groups is 1. The predicted octanol–water partition coefficient (Wildman–Crippen LogP) is 6.01. The first-order valence-electron chi connectivity index (χ1n) is 9.29. The second-order valence-corrected chi connectivity index (χ2v) is 7.14. The summed E-state index contributed by atoms with van der Waals surface area (Å²) in [4.78, 5) is 17.3. The highest BCUT2D eigenvalue weighted by atomic mass is 35.5. The largest absolute Gasteiger partial charge is 0.272 e. The van der Waals surface area contributed by atoms with Crippen molar-refractivity contribution in [1.29, 1.82) is 0 Å². The van der Waals surface area contributed by atoms with Gasteiger partial charge in [-0.25, -0.2) is 32.4 Å². The molecule has 0 aliphatic carbocycles. The van der Waals surface area contributed by atoms with Crippen molar-refractivity contribution in [3.8, 4) is 11.3 Å². The van der Waals surface area contributed by atoms with E-state index in [9.17, 15) is 26.7 Å². The number of benzene rings is 3. The number of rotatable bonds is 4. The van der Waals surface area contributed by atoms with Crippen LogP contribution in [0.5, 0.6) is 0 Å². The topological polar surface area (TPSA) is 54.4 Å². The fourth-order valence-corrected chi connectivity index (χ4v) is 3.35. The molecule has 0 atom stereocenters. The van der Waals surface area contributed by atoms with Gasteiger partial charge in [-0.05, 0) is 18.2 Å². The van der Waals surface area contributed by atoms with Gasteiger partial charge in [0, 0.05) is 16.0 Å². The zero-order chi connectivity index (χ0) is 23.7. The van der Waals surface area contributed by atoms with Gasteiger partial charge in [0.15, 0.2) is 23.3 Å². The number of pyridine rings is 1. The Kier molecular flexibility index (Phi) is 6.06. The predicted molar refractivity (Wildman–Crippen MR) is 113 cm³/mol. The van der Waals surface area contributed by atoms with Crippen molar-refractivity contribution >= 4 is 34.6 Å². The van der Waals surface area contributed by atoms with Crippen LogP contribution in [0.1, 0.15) is 15.9 Å². The Morgan fingerprint density at radius 2 is 1.48 bits per heavy atom. The lowest BCUT2D eigenvalue weighted by Gasteiger charge is -2.10. The summed E-state index contributed by atoms with van der Waals surface area (Å²) in [6, 6.07) is 15.0. The van der Waals surface area contributed by atoms with E-state index in [1.807, 2.05) is 5.43 Å². The van der Waals surface area contributed by atoms with E-state index in [0.29, 0.717) is 33.4 Å². The quantitative estimate of drug-likeness (QED) is 0.129. The molecule has 4 rings (SSSR count). The van der Waals surface area contributed by atoms with Crippen molar-refractivity contribution in [2.24, 2.45) is 5.10 Å². The average molecular weight is 476 g/mol. The van der Waals surface area contributed by atoms with Gasteiger partial charge in [-0.2, -0.15) is 5.10 Å². The van der Waals surface area contributed by atoms with Crippen molar-refractivity contribution in [3.63, 3.8) is 0 Å². The number of aromatic nitrogens is 1. The van der Waals surface area contributed by atoms with Gasteiger partial charge in [-0.1, -0.05) is 48.0 Å². The molecule has 0 aliphatic heterocycles. The second-order valence-electron chi connectivity index (χ2n) is 6.73. The number of carbonyl (C=O) groups is 1. The van der Waals surface area contributed by atoms with Gasteiger partial charge in [0.05, 0.1) is 28.6 Å². The van der Waals surface area contributed by atoms with Crippen LogP contribution in [0.3, 0.4) is 0 Å². The molecule has 0 bridgehead atoms. The molecule has 10 heteroatoms. The Hall–Kier alpha value is -3.85. The summed E-state index contributed by atoms with van der Waals surface area (Å²) in [6.45, 7) is 0. The van der Waals surface area contributed by atoms with E-state index in [1.165, 1.54) is 6.07 Å². The molecule has 1 heterocycles. The summed E-state index contributed by atoms with van der Waals surface area (Å²) in [5, 5.41) is 4.21. The minimum atomic E-state index is -2.29. The molecule has 1 aromatic heterocycles. The fraction of sp³-hybridized carbons (Fsp3) is 0. The zero-order valence-corrected chi connectivity index (χ0v) is 17.1. The van der Waals surface area contributed by atoms with Gasteiger partial charge in [0.1, 0.15) is 0 Å². The SMILES string of the molecule is O=C(N/N=C/c1c(F)c(F)c(F)c(F)c1F)c1cc(-c2ccccc2Cl)nc2ccccc12. The van der Waals surface area contributed by atoms with Gasteiger partial charge in [0.2, 0.25) is 5.82 Å². The summed E-state index contributed by atoms with van der Waals surface area (Å²) >= 11 is 6.24. The lowest BCUT2D eigenvalue weighted by Crippen LogP contribution is -2.19. The first-order chi connectivity index (χ1) is 15.8. The number of nitrogens with zero attached hydrogens (tertiary/aromatic N) is 2. The number of hydrogen-bond donors (Lipinski definition) is 1. The van der Waals surface area contributed by atoms with Crippen LogP contribution in [0, 0.1) is 29.1 Å². The van der Waals surface area contributed by atoms with Crippen LogP contribution < -0.4 is 5.43 Å². The van der Waals surface area contributed by atoms with Crippen LogP contribution in [-0.4, -0.2) is 17.1 Å². The van der Waals surface area contributed by atoms with E-state index in [0.717, 1.165) is 0 Å². The Labute approximate surface area is 188 Å². The van der Waals surface area contributed by atoms with E-state index in [4.69, 9.17) is 11.6 Å². The number of amides is 1. The molecule has 0 spiro atoms. The third-order valence-corrected chi connectivity index (χ3v) is 5.04. The molecule has 1 amide bonds. The molecular formula is C23H11ClF5N3O. The Bertz CT molecular complexity index is 1410. The van der Waals surface area contributed by atoms with Crippen LogP contribution in [0.15, 0.2) is 59.7 Å². The molecule has 0 aliphatic rings. The summed E-state index contributed by atoms with van der Waals surface area (Å²) in [7, 11) is 0. The molecule has 4 aromatic rings. The fourth-order valence-electron chi connectivity index (χ4n) is 3.12. The number of fused-ring (bicyclic) bond motifs is 1. The number of halogens is 6. The normalized spacial score (nSPS) is 11.3. The Balaban J connectivity index is 1.72. The lowest BCUT2D eigenvalue weighted by atomic mass is 10.0. The molecule has 0 unspecified atom stereocenters. The highest BCUT2D eigenvalue weighted by Gasteiger charge is 2.24. The molecule has 166 valence electrons. The molecule has 1 N–H and O–H groups in total. The summed E-state index contributed by atoms with van der Waals surface area (Å²) < 4.78 is 67.4. The highest BCUT2D eigenvalue weighted by molar-refractivity contribution is 6.33. The van der Waals surface area contributed by atoms with Gasteiger partial charge in [-0.3, -0.25) is 4.79 Å². The monoisotopic (exact) mass is 475 g/mol. The smallest absolute Gasteiger partial charge is 0.267 e. The van der Waals surface area contributed by atoms with E-state index in [2.05, 4.69) is 10.1 Å². The minimum absolute atomic E-state index is 0.102. The number of hydrogen-bond acceptors (Lipinski definition) is 3. The average Bonchev–Trinajstić information content (AvgIpc) is 2.83. The summed E-state index contributed by atoms with van der Waals surface area (Å²) in [5.41, 5.74) is 2.26. The molecule has 4 nitrogen and oxygen atoms in total. The van der Waals surface area contributed by atoms with Gasteiger partial charge < -0.3 is 0 Å². The third-order valence-electron chi connectivity index (χ3n) is 4.71. The van der Waals surface area contributed by atoms with Crippen LogP contribution in [0.4, 0.5) is 22.0 Å². The number of nitrogens with one attached hydrogen (secondary N) is 1. The van der Waals surface area contributed by atoms with Gasteiger partial charge >= 0.3 is 0 Å². The number of carbonyl (C=O) groups excluding carboxylic acids is 1. The standard InChI is InChI=1S/C23H11ClF5N3O/c24-15-7-3-1-6-12(15)17-9-13(11-5-2-4-8-16(11)31-17)23(33)32-30-10-14-18(25)20(27)22(29)21(28)19(14)26/h1-10H,(H,32,33)/b30-10+. The van der Waals surface area contributed by atoms with Gasteiger partial charge in [-0.15, -0.1) is 0 Å². The maximum Gasteiger partial charge on any atom is 0.272 e. The summed E-state index contributed by atoms with van der Waals surface area (Å²) in [5.74, 6) is -11.5. The van der Waals surface area contributed by atoms with E-state index < -0.39 is 40.6 Å². The third kappa shape index (κ3) is 4.14. The van der Waals surface area contributed by atoms with Crippen LogP contribution in [0.2, 0.25) is 5.02 Å². The van der Waals surface area contributed by atoms with Crippen LogP contribution >= 0.6 is 11.6 Å². The van der Waals surface area contributed by atoms with E-state index >= 15 is 0 Å². The Morgan fingerprint density at radius 1 is 0.879 bits per heavy atom. The van der Waals surface area contributed by atoms with Crippen molar-refractivity contribution in [3.05, 3.63) is 99.8 Å². The van der Waals surface area contributed by atoms with Crippen molar-refractivity contribution < 1.29 is 26.7 Å². The van der Waals surface area contributed by atoms with Crippen LogP contribution in [0.25, 0.3) is 22.2 Å². The zero-order valence-electron chi connectivity index (χ0n) is 16.3. The molecule has 0 saturated carbocycles. The molecular weight excluding hydrogens is 465 g/mol. The first-order valence-corrected chi connectivity index (χ1v) is 9.67. The molecule has 0 saturated heterocycles. The molecule has 0 fully saturated rings. The van der Waals surface area contributed by atoms with Gasteiger partial charge in [0.25, 0.3) is 5.91 Å². The van der Waals surface area contributed by atoms with E-state index in [1.54, 1.807) is 48.5 Å². The lowest BCUT2D eigenvalue weighted by molar-refractivity contribution is 0.0956. The van der Waals surface area contributed by atoms with Crippen molar-refractivity contribution in [2.75, 3.05) is 0 Å². The number of para-hydroxylation sites is 1. The maximum atomic E-state index is 13.8. The maximum absolute atomic E-state index is 13.8. The highest BCUT2D eigenvalue weighted by Crippen LogP contribution is 2.29.